The standard InChI is InChI=1S/C39H40FN7O3.C27H32BFN2O5.C18H20BrN5/c1-24(48)50-23-31-30(7-6-8-34(31)47-38(49)35-27(21-42-47)19-28(20-32(35)40)39(2,3)4)33-22-46-18-15-41-37(46)36(44-33)43-29-11-9-25(10-12-29)26-13-16-45(5)17-14-26;1-16(32)34-15-19-20(28-35-26(5,6)27(7,8)36-28)10-9-11-22(19)31-24(33)23-17(14-30-31)12-18(13-21(23)29)25(2,3)4;1-23-9-6-14(7-10-23)13-2-4-15(5-3-13)21-17-18-20-8-11-24(18)12-16(19)22-17/h6-12,15,18-22,26H,13-14,16-17,23H2,1-5H3,(H,43,44);9-14H,15H2,1-8H3;2-5,8,11-12,14H,6-7,9-10H2,1H3,(H,21,22). The molecule has 570 valence electrons. The first-order valence-corrected chi connectivity index (χ1v) is 37.8. The lowest BCUT2D eigenvalue weighted by Gasteiger charge is -2.32. The first kappa shape index (κ1) is 77.8. The lowest BCUT2D eigenvalue weighted by molar-refractivity contribution is -0.143. The molecule has 0 saturated carbocycles. The number of rotatable bonds is 14. The average molecular weight is 1550 g/mol. The third-order valence-electron chi connectivity index (χ3n) is 21.3. The molecule has 0 aliphatic carbocycles. The van der Waals surface area contributed by atoms with Crippen molar-refractivity contribution in [1.82, 2.24) is 58.1 Å². The second-order valence-corrected chi connectivity index (χ2v) is 32.5. The molecule has 0 spiro atoms. The first-order chi connectivity index (χ1) is 52.3. The van der Waals surface area contributed by atoms with Gasteiger partial charge in [0.15, 0.2) is 22.9 Å². The largest absolute Gasteiger partial charge is 0.495 e. The van der Waals surface area contributed by atoms with E-state index in [0.717, 1.165) is 73.9 Å². The molecular formula is C84H92BBrF2N14O8. The Labute approximate surface area is 646 Å². The summed E-state index contributed by atoms with van der Waals surface area (Å²) in [6, 6.07) is 34.1. The molecule has 3 saturated heterocycles. The number of carbonyl (C=O) groups is 2. The van der Waals surface area contributed by atoms with Gasteiger partial charge in [0, 0.05) is 89.9 Å². The summed E-state index contributed by atoms with van der Waals surface area (Å²) in [6.45, 7) is 26.5. The van der Waals surface area contributed by atoms with Gasteiger partial charge < -0.3 is 48.0 Å². The summed E-state index contributed by atoms with van der Waals surface area (Å²) in [6.07, 6.45) is 18.7. The van der Waals surface area contributed by atoms with Gasteiger partial charge in [0.25, 0.3) is 11.1 Å². The minimum Gasteiger partial charge on any atom is -0.461 e. The monoisotopic (exact) mass is 1550 g/mol. The number of likely N-dealkylation sites (tertiary alicyclic amines) is 2. The van der Waals surface area contributed by atoms with Crippen LogP contribution in [0.5, 0.6) is 0 Å². The van der Waals surface area contributed by atoms with E-state index in [4.69, 9.17) is 23.8 Å². The van der Waals surface area contributed by atoms with Crippen molar-refractivity contribution in [2.45, 2.75) is 156 Å². The number of hydrogen-bond donors (Lipinski definition) is 2. The zero-order valence-electron chi connectivity index (χ0n) is 64.6. The van der Waals surface area contributed by atoms with Crippen LogP contribution >= 0.6 is 15.9 Å². The molecule has 0 amide bonds. The van der Waals surface area contributed by atoms with Crippen molar-refractivity contribution in [1.29, 1.82) is 0 Å². The minimum atomic E-state index is -0.761. The van der Waals surface area contributed by atoms with Gasteiger partial charge in [0.05, 0.1) is 51.4 Å². The molecule has 0 radical (unpaired) electrons. The van der Waals surface area contributed by atoms with Crippen LogP contribution in [-0.4, -0.2) is 129 Å². The summed E-state index contributed by atoms with van der Waals surface area (Å²) < 4.78 is 61.0. The van der Waals surface area contributed by atoms with E-state index < -0.39 is 53.0 Å². The van der Waals surface area contributed by atoms with Gasteiger partial charge in [-0.05, 0) is 221 Å². The van der Waals surface area contributed by atoms with Crippen molar-refractivity contribution in [3.8, 4) is 22.6 Å². The van der Waals surface area contributed by atoms with E-state index in [1.165, 1.54) is 75.4 Å². The molecule has 3 aliphatic rings. The Hall–Kier alpha value is -10.4. The molecule has 0 bridgehead atoms. The summed E-state index contributed by atoms with van der Waals surface area (Å²) in [5.74, 6) is 0.306. The number of anilines is 4. The van der Waals surface area contributed by atoms with E-state index in [2.05, 4.69) is 124 Å². The number of aromatic nitrogens is 10. The molecule has 2 N–H and O–H groups in total. The highest BCUT2D eigenvalue weighted by Gasteiger charge is 2.52. The Morgan fingerprint density at radius 3 is 1.47 bits per heavy atom. The van der Waals surface area contributed by atoms with E-state index in [0.29, 0.717) is 73.3 Å². The maximum absolute atomic E-state index is 15.6. The summed E-state index contributed by atoms with van der Waals surface area (Å²) in [4.78, 5) is 74.3. The van der Waals surface area contributed by atoms with Crippen LogP contribution in [0.1, 0.15) is 154 Å². The molecule has 26 heteroatoms. The maximum Gasteiger partial charge on any atom is 0.495 e. The van der Waals surface area contributed by atoms with E-state index >= 15 is 8.78 Å². The van der Waals surface area contributed by atoms with E-state index in [9.17, 15) is 19.2 Å². The number of piperidine rings is 2. The Bertz CT molecular complexity index is 5550. The van der Waals surface area contributed by atoms with Crippen LogP contribution in [0.4, 0.5) is 31.8 Å². The number of esters is 2. The summed E-state index contributed by atoms with van der Waals surface area (Å²) in [5.41, 5.74) is 8.04. The van der Waals surface area contributed by atoms with E-state index in [-0.39, 0.29) is 34.8 Å². The van der Waals surface area contributed by atoms with Crippen LogP contribution in [-0.2, 0) is 52.4 Å². The third kappa shape index (κ3) is 16.8. The molecule has 3 fully saturated rings. The molecule has 0 atom stereocenters. The van der Waals surface area contributed by atoms with Crippen molar-refractivity contribution in [2.24, 2.45) is 0 Å². The fourth-order valence-corrected chi connectivity index (χ4v) is 14.5. The molecule has 12 aromatic rings. The summed E-state index contributed by atoms with van der Waals surface area (Å²) in [5, 5.41) is 16.4. The highest BCUT2D eigenvalue weighted by atomic mass is 79.9. The molecule has 3 aliphatic heterocycles. The first-order valence-electron chi connectivity index (χ1n) is 37.0. The number of halogens is 3. The van der Waals surface area contributed by atoms with Crippen molar-refractivity contribution < 1.29 is 37.2 Å². The molecule has 0 unspecified atom stereocenters. The van der Waals surface area contributed by atoms with Gasteiger partial charge in [0.1, 0.15) is 29.5 Å². The molecule has 22 nitrogen and oxygen atoms in total. The van der Waals surface area contributed by atoms with Crippen LogP contribution in [0.2, 0.25) is 0 Å². The molecular weight excluding hydrogens is 1460 g/mol. The maximum atomic E-state index is 15.6. The van der Waals surface area contributed by atoms with Crippen LogP contribution in [0.3, 0.4) is 0 Å². The van der Waals surface area contributed by atoms with Gasteiger partial charge in [-0.2, -0.15) is 19.6 Å². The minimum absolute atomic E-state index is 0.0579. The second kappa shape index (κ2) is 31.5. The van der Waals surface area contributed by atoms with Crippen molar-refractivity contribution in [2.75, 3.05) is 50.9 Å². The van der Waals surface area contributed by atoms with Crippen molar-refractivity contribution >= 4 is 96.3 Å². The Kier molecular flexibility index (Phi) is 22.3. The SMILES string of the molecule is CC(=O)OCc1c(-c2cn3ccnc3c(Nc3ccc(C4CCN(C)CC4)cc3)n2)cccc1-n1ncc2cc(C(C)(C)C)cc(F)c2c1=O.CC(=O)OCc1c(B2OC(C)(C)C(C)(C)O2)cccc1-n1ncc2cc(C(C)(C)C)cc(F)c2c1=O.CN1CCC(c2ccc(Nc3nc(Br)cn4ccnc34)cc2)CC1. The molecule has 9 heterocycles. The lowest BCUT2D eigenvalue weighted by Crippen LogP contribution is -2.41. The number of fused-ring (bicyclic) bond motifs is 4. The zero-order valence-corrected chi connectivity index (χ0v) is 66.2. The quantitative estimate of drug-likeness (QED) is 0.0761. The number of imidazole rings is 2. The van der Waals surface area contributed by atoms with Crippen LogP contribution in [0.25, 0.3) is 55.5 Å². The van der Waals surface area contributed by atoms with E-state index in [1.807, 2.05) is 109 Å². The normalized spacial score (nSPS) is 15.7. The fraction of sp³-hybridized carbons (Fsp3) is 0.357. The van der Waals surface area contributed by atoms with Gasteiger partial charge >= 0.3 is 19.1 Å². The fourth-order valence-electron chi connectivity index (χ4n) is 14.1. The predicted molar refractivity (Wildman–Crippen MR) is 430 cm³/mol. The molecule has 6 aromatic carbocycles. The second-order valence-electron chi connectivity index (χ2n) is 31.7. The molecule has 110 heavy (non-hydrogen) atoms. The molecule has 6 aromatic heterocycles. The highest BCUT2D eigenvalue weighted by Crippen LogP contribution is 2.39. The van der Waals surface area contributed by atoms with Gasteiger partial charge in [-0.1, -0.05) is 90.1 Å². The zero-order chi connectivity index (χ0) is 78.3. The van der Waals surface area contributed by atoms with Crippen molar-refractivity contribution in [3.63, 3.8) is 0 Å². The predicted octanol–water partition coefficient (Wildman–Crippen LogP) is 15.4. The number of hydrogen-bond acceptors (Lipinski definition) is 18. The third-order valence-corrected chi connectivity index (χ3v) is 21.7. The number of ether oxygens (including phenoxy) is 2. The number of nitrogens with zero attached hydrogens (tertiary/aromatic N) is 12. The number of nitrogens with one attached hydrogen (secondary N) is 2. The Morgan fingerprint density at radius 1 is 0.591 bits per heavy atom. The number of benzene rings is 6. The Balaban J connectivity index is 0.000000155. The van der Waals surface area contributed by atoms with E-state index in [1.54, 1.807) is 54.9 Å². The van der Waals surface area contributed by atoms with Crippen LogP contribution in [0.15, 0.2) is 173 Å². The Morgan fingerprint density at radius 2 is 1.02 bits per heavy atom. The average Bonchev–Trinajstić information content (AvgIpc) is 1.32. The van der Waals surface area contributed by atoms with Crippen molar-refractivity contribution in [3.05, 3.63) is 229 Å². The van der Waals surface area contributed by atoms with Gasteiger partial charge in [-0.25, -0.2) is 28.7 Å². The van der Waals surface area contributed by atoms with Gasteiger partial charge in [0.2, 0.25) is 0 Å². The summed E-state index contributed by atoms with van der Waals surface area (Å²) in [7, 11) is 3.60. The highest BCUT2D eigenvalue weighted by molar-refractivity contribution is 9.10. The number of carbonyl (C=O) groups excluding carboxylic acids is 2. The lowest BCUT2D eigenvalue weighted by atomic mass is 9.75. The smallest absolute Gasteiger partial charge is 0.461 e. The van der Waals surface area contributed by atoms with Crippen LogP contribution in [0, 0.1) is 11.6 Å². The summed E-state index contributed by atoms with van der Waals surface area (Å²) >= 11 is 3.45. The van der Waals surface area contributed by atoms with Crippen LogP contribution < -0.4 is 27.2 Å². The van der Waals surface area contributed by atoms with Gasteiger partial charge in [-0.3, -0.25) is 19.2 Å². The molecule has 15 rings (SSSR count). The topological polar surface area (TPSA) is 232 Å². The van der Waals surface area contributed by atoms with Gasteiger partial charge in [-0.15, -0.1) is 0 Å².